The molecule has 2 heterocycles. The number of ketones is 1. The van der Waals surface area contributed by atoms with Gasteiger partial charge in [-0.1, -0.05) is 0 Å². The van der Waals surface area contributed by atoms with Gasteiger partial charge >= 0.3 is 0 Å². The van der Waals surface area contributed by atoms with Gasteiger partial charge in [-0.25, -0.2) is 0 Å². The fourth-order valence-electron chi connectivity index (χ4n) is 3.42. The van der Waals surface area contributed by atoms with E-state index in [1.54, 1.807) is 12.1 Å². The molecule has 0 bridgehead atoms. The molecule has 5 nitrogen and oxygen atoms in total. The number of hydrogen-bond donors (Lipinski definition) is 3. The van der Waals surface area contributed by atoms with E-state index in [0.717, 1.165) is 12.8 Å². The number of carbonyl (C=O) groups excluding carboxylic acids is 2. The summed E-state index contributed by atoms with van der Waals surface area (Å²) in [5.74, 6) is -0.223. The molecule has 1 aromatic rings. The second-order valence-electron chi connectivity index (χ2n) is 7.31. The minimum Gasteiger partial charge on any atom is -0.348 e. The molecule has 0 spiro atoms. The average molecular weight is 291 g/mol. The molecule has 0 aromatic carbocycles. The van der Waals surface area contributed by atoms with Crippen LogP contribution in [0.3, 0.4) is 0 Å². The Kier molecular flexibility index (Phi) is 3.97. The molecule has 116 valence electrons. The van der Waals surface area contributed by atoms with Crippen LogP contribution >= 0.6 is 0 Å². The van der Waals surface area contributed by atoms with E-state index < -0.39 is 0 Å². The summed E-state index contributed by atoms with van der Waals surface area (Å²) in [6, 6.07) is 3.42. The van der Waals surface area contributed by atoms with E-state index in [1.165, 1.54) is 6.92 Å². The summed E-state index contributed by atoms with van der Waals surface area (Å²) in [6.45, 7) is 10.1. The highest BCUT2D eigenvalue weighted by Gasteiger charge is 2.38. The molecule has 0 atom stereocenters. The molecule has 0 saturated carbocycles. The van der Waals surface area contributed by atoms with E-state index in [0.29, 0.717) is 11.4 Å². The molecule has 1 saturated heterocycles. The Labute approximate surface area is 125 Å². The van der Waals surface area contributed by atoms with Crippen LogP contribution in [-0.4, -0.2) is 33.8 Å². The zero-order chi connectivity index (χ0) is 15.8. The summed E-state index contributed by atoms with van der Waals surface area (Å²) in [5.41, 5.74) is 0.875. The summed E-state index contributed by atoms with van der Waals surface area (Å²) in [5, 5.41) is 6.67. The van der Waals surface area contributed by atoms with Crippen LogP contribution in [-0.2, 0) is 0 Å². The summed E-state index contributed by atoms with van der Waals surface area (Å²) in [4.78, 5) is 26.4. The molecular weight excluding hydrogens is 266 g/mol. The van der Waals surface area contributed by atoms with Crippen molar-refractivity contribution < 1.29 is 9.59 Å². The van der Waals surface area contributed by atoms with E-state index in [-0.39, 0.29) is 28.8 Å². The lowest BCUT2D eigenvalue weighted by atomic mass is 9.79. The second kappa shape index (κ2) is 5.30. The lowest BCUT2D eigenvalue weighted by Gasteiger charge is -2.46. The van der Waals surface area contributed by atoms with Gasteiger partial charge in [-0.15, -0.1) is 0 Å². The fourth-order valence-corrected chi connectivity index (χ4v) is 3.42. The molecule has 0 unspecified atom stereocenters. The third-order valence-electron chi connectivity index (χ3n) is 3.84. The first kappa shape index (κ1) is 15.8. The Hall–Kier alpha value is -1.62. The SMILES string of the molecule is CC(=O)c1ccc(C(=O)NC2CC(C)(C)NC(C)(C)C2)[nH]1. The molecule has 1 fully saturated rings. The largest absolute Gasteiger partial charge is 0.348 e. The topological polar surface area (TPSA) is 74.0 Å². The average Bonchev–Trinajstić information content (AvgIpc) is 2.72. The lowest BCUT2D eigenvalue weighted by Crippen LogP contribution is -2.62. The normalized spacial score (nSPS) is 21.0. The van der Waals surface area contributed by atoms with Crippen molar-refractivity contribution in [2.45, 2.75) is 64.6 Å². The zero-order valence-electron chi connectivity index (χ0n) is 13.5. The molecule has 3 N–H and O–H groups in total. The molecule has 0 radical (unpaired) electrons. The standard InChI is InChI=1S/C16H25N3O2/c1-10(20)12-6-7-13(18-12)14(21)17-11-8-15(2,3)19-16(4,5)9-11/h6-7,11,18-19H,8-9H2,1-5H3,(H,17,21). The van der Waals surface area contributed by atoms with Gasteiger partial charge in [0.1, 0.15) is 5.69 Å². The smallest absolute Gasteiger partial charge is 0.267 e. The molecule has 5 heteroatoms. The highest BCUT2D eigenvalue weighted by molar-refractivity contribution is 5.97. The van der Waals surface area contributed by atoms with Crippen molar-refractivity contribution in [2.24, 2.45) is 0 Å². The maximum absolute atomic E-state index is 12.3. The predicted molar refractivity (Wildman–Crippen MR) is 82.6 cm³/mol. The monoisotopic (exact) mass is 291 g/mol. The number of aromatic amines is 1. The van der Waals surface area contributed by atoms with Crippen molar-refractivity contribution in [3.8, 4) is 0 Å². The van der Waals surface area contributed by atoms with Crippen LogP contribution < -0.4 is 10.6 Å². The number of carbonyl (C=O) groups is 2. The van der Waals surface area contributed by atoms with Crippen LogP contribution in [0.15, 0.2) is 12.1 Å². The number of nitrogens with one attached hydrogen (secondary N) is 3. The first-order chi connectivity index (χ1) is 9.58. The third kappa shape index (κ3) is 3.94. The Morgan fingerprint density at radius 2 is 1.62 bits per heavy atom. The van der Waals surface area contributed by atoms with E-state index in [1.807, 2.05) is 0 Å². The van der Waals surface area contributed by atoms with Gasteiger partial charge in [-0.05, 0) is 52.7 Å². The number of rotatable bonds is 3. The first-order valence-electron chi connectivity index (χ1n) is 7.38. The van der Waals surface area contributed by atoms with Crippen LogP contribution in [0.2, 0.25) is 0 Å². The number of Topliss-reactive ketones (excluding diaryl/α,β-unsaturated/α-hetero) is 1. The van der Waals surface area contributed by atoms with Crippen LogP contribution in [0.25, 0.3) is 0 Å². The molecule has 1 aliphatic heterocycles. The summed E-state index contributed by atoms with van der Waals surface area (Å²) in [7, 11) is 0. The van der Waals surface area contributed by atoms with Crippen molar-refractivity contribution in [1.82, 2.24) is 15.6 Å². The van der Waals surface area contributed by atoms with Crippen molar-refractivity contribution >= 4 is 11.7 Å². The third-order valence-corrected chi connectivity index (χ3v) is 3.84. The molecule has 21 heavy (non-hydrogen) atoms. The van der Waals surface area contributed by atoms with Gasteiger partial charge in [0, 0.05) is 24.0 Å². The molecule has 1 amide bonds. The number of amides is 1. The van der Waals surface area contributed by atoms with Crippen molar-refractivity contribution in [2.75, 3.05) is 0 Å². The maximum atomic E-state index is 12.3. The van der Waals surface area contributed by atoms with Gasteiger partial charge in [-0.2, -0.15) is 0 Å². The molecule has 0 aliphatic carbocycles. The van der Waals surface area contributed by atoms with Gasteiger partial charge in [0.2, 0.25) is 0 Å². The molecule has 2 rings (SSSR count). The molecular formula is C16H25N3O2. The van der Waals surface area contributed by atoms with E-state index >= 15 is 0 Å². The number of aromatic nitrogens is 1. The van der Waals surface area contributed by atoms with E-state index in [2.05, 4.69) is 43.3 Å². The minimum absolute atomic E-state index is 0.0139. The minimum atomic E-state index is -0.152. The Morgan fingerprint density at radius 1 is 1.10 bits per heavy atom. The van der Waals surface area contributed by atoms with Gasteiger partial charge in [-0.3, -0.25) is 9.59 Å². The van der Waals surface area contributed by atoms with Gasteiger partial charge in [0.05, 0.1) is 5.69 Å². The van der Waals surface area contributed by atoms with Crippen LogP contribution in [0, 0.1) is 0 Å². The lowest BCUT2D eigenvalue weighted by molar-refractivity contribution is 0.0869. The number of H-pyrrole nitrogens is 1. The van der Waals surface area contributed by atoms with Gasteiger partial charge < -0.3 is 15.6 Å². The van der Waals surface area contributed by atoms with Crippen molar-refractivity contribution in [1.29, 1.82) is 0 Å². The van der Waals surface area contributed by atoms with Crippen LogP contribution in [0.1, 0.15) is 68.4 Å². The molecule has 1 aliphatic rings. The fraction of sp³-hybridized carbons (Fsp3) is 0.625. The van der Waals surface area contributed by atoms with E-state index in [9.17, 15) is 9.59 Å². The summed E-state index contributed by atoms with van der Waals surface area (Å²) in [6.07, 6.45) is 1.75. The predicted octanol–water partition coefficient (Wildman–Crippen LogP) is 2.26. The highest BCUT2D eigenvalue weighted by Crippen LogP contribution is 2.28. The summed E-state index contributed by atoms with van der Waals surface area (Å²) >= 11 is 0. The zero-order valence-corrected chi connectivity index (χ0v) is 13.5. The van der Waals surface area contributed by atoms with Crippen molar-refractivity contribution in [3.05, 3.63) is 23.5 Å². The highest BCUT2D eigenvalue weighted by atomic mass is 16.2. The van der Waals surface area contributed by atoms with Crippen LogP contribution in [0.5, 0.6) is 0 Å². The number of hydrogen-bond acceptors (Lipinski definition) is 3. The van der Waals surface area contributed by atoms with Crippen LogP contribution in [0.4, 0.5) is 0 Å². The second-order valence-corrected chi connectivity index (χ2v) is 7.31. The maximum Gasteiger partial charge on any atom is 0.267 e. The summed E-state index contributed by atoms with van der Waals surface area (Å²) < 4.78 is 0. The van der Waals surface area contributed by atoms with Gasteiger partial charge in [0.15, 0.2) is 5.78 Å². The first-order valence-corrected chi connectivity index (χ1v) is 7.38. The van der Waals surface area contributed by atoms with E-state index in [4.69, 9.17) is 0 Å². The number of piperidine rings is 1. The Morgan fingerprint density at radius 3 is 2.10 bits per heavy atom. The van der Waals surface area contributed by atoms with Crippen molar-refractivity contribution in [3.63, 3.8) is 0 Å². The molecule has 1 aromatic heterocycles. The quantitative estimate of drug-likeness (QED) is 0.748. The Bertz CT molecular complexity index is 542. The Balaban J connectivity index is 2.06. The van der Waals surface area contributed by atoms with Gasteiger partial charge in [0.25, 0.3) is 5.91 Å².